The average Bonchev–Trinajstić information content (AvgIpc) is 3.24. The van der Waals surface area contributed by atoms with Crippen molar-refractivity contribution in [2.45, 2.75) is 31.5 Å². The normalized spacial score (nSPS) is 18.4. The molecule has 10 heteroatoms. The maximum Gasteiger partial charge on any atom is 0.410 e. The number of esters is 1. The molecule has 9 nitrogen and oxygen atoms in total. The van der Waals surface area contributed by atoms with Gasteiger partial charge in [-0.05, 0) is 48.8 Å². The summed E-state index contributed by atoms with van der Waals surface area (Å²) >= 11 is 4.85. The lowest BCUT2D eigenvalue weighted by molar-refractivity contribution is -0.150. The highest BCUT2D eigenvalue weighted by atomic mass is 32.1. The molecular formula is C24H26N4O5S. The molecule has 0 saturated carbocycles. The van der Waals surface area contributed by atoms with Gasteiger partial charge in [-0.3, -0.25) is 9.69 Å². The van der Waals surface area contributed by atoms with Crippen molar-refractivity contribution >= 4 is 41.0 Å². The van der Waals surface area contributed by atoms with E-state index in [0.29, 0.717) is 37.2 Å². The lowest BCUT2D eigenvalue weighted by Gasteiger charge is -2.37. The number of likely N-dealkylation sites (tertiary alicyclic amines) is 1. The summed E-state index contributed by atoms with van der Waals surface area (Å²) in [5.74, 6) is -0.608. The van der Waals surface area contributed by atoms with E-state index >= 15 is 0 Å². The zero-order chi connectivity index (χ0) is 24.1. The number of ether oxygens (including phenoxy) is 2. The van der Waals surface area contributed by atoms with Gasteiger partial charge in [-0.2, -0.15) is 0 Å². The van der Waals surface area contributed by atoms with Crippen LogP contribution in [0.1, 0.15) is 28.8 Å². The maximum absolute atomic E-state index is 13.0. The first-order chi connectivity index (χ1) is 16.4. The van der Waals surface area contributed by atoms with Crippen LogP contribution in [0, 0.1) is 0 Å². The van der Waals surface area contributed by atoms with E-state index in [1.165, 1.54) is 4.90 Å². The van der Waals surface area contributed by atoms with Crippen molar-refractivity contribution in [2.24, 2.45) is 5.73 Å². The van der Waals surface area contributed by atoms with Crippen molar-refractivity contribution in [3.05, 3.63) is 65.7 Å². The van der Waals surface area contributed by atoms with Gasteiger partial charge >= 0.3 is 12.1 Å². The van der Waals surface area contributed by atoms with E-state index < -0.39 is 18.1 Å². The third-order valence-corrected chi connectivity index (χ3v) is 6.03. The molecule has 1 atom stereocenters. The summed E-state index contributed by atoms with van der Waals surface area (Å²) in [5.41, 5.74) is 7.54. The summed E-state index contributed by atoms with van der Waals surface area (Å²) in [6.07, 6.45) is 0.547. The molecule has 178 valence electrons. The molecule has 2 aromatic carbocycles. The number of amides is 2. The minimum Gasteiger partial charge on any atom is -0.459 e. The van der Waals surface area contributed by atoms with Gasteiger partial charge in [-0.1, -0.05) is 36.4 Å². The average molecular weight is 483 g/mol. The van der Waals surface area contributed by atoms with E-state index in [0.717, 1.165) is 5.56 Å². The van der Waals surface area contributed by atoms with Crippen LogP contribution >= 0.6 is 12.2 Å². The van der Waals surface area contributed by atoms with Gasteiger partial charge in [0.15, 0.2) is 11.2 Å². The Balaban J connectivity index is 1.35. The molecule has 3 N–H and O–H groups in total. The van der Waals surface area contributed by atoms with E-state index in [2.05, 4.69) is 5.32 Å². The number of nitrogens with zero attached hydrogens (tertiary/aromatic N) is 2. The Bertz CT molecular complexity index is 1070. The number of carbonyl (C=O) groups excluding carboxylic acids is 3. The molecule has 2 amide bonds. The van der Waals surface area contributed by atoms with Crippen molar-refractivity contribution in [1.29, 1.82) is 0 Å². The maximum atomic E-state index is 13.0. The quantitative estimate of drug-likeness (QED) is 0.477. The van der Waals surface area contributed by atoms with Crippen LogP contribution in [-0.4, -0.2) is 64.7 Å². The van der Waals surface area contributed by atoms with Gasteiger partial charge in [0, 0.05) is 30.4 Å². The largest absolute Gasteiger partial charge is 0.459 e. The zero-order valence-electron chi connectivity index (χ0n) is 18.5. The summed E-state index contributed by atoms with van der Waals surface area (Å²) in [4.78, 5) is 41.3. The monoisotopic (exact) mass is 482 g/mol. The molecule has 2 fully saturated rings. The number of hydrogen-bond donors (Lipinski definition) is 2. The Kier molecular flexibility index (Phi) is 7.27. The highest BCUT2D eigenvalue weighted by Gasteiger charge is 2.44. The molecule has 0 unspecified atom stereocenters. The zero-order valence-corrected chi connectivity index (χ0v) is 19.3. The van der Waals surface area contributed by atoms with Gasteiger partial charge in [-0.15, -0.1) is 0 Å². The molecule has 0 radical (unpaired) electrons. The van der Waals surface area contributed by atoms with E-state index in [9.17, 15) is 14.4 Å². The van der Waals surface area contributed by atoms with E-state index in [-0.39, 0.29) is 30.3 Å². The first-order valence-corrected chi connectivity index (χ1v) is 11.4. The molecule has 2 heterocycles. The van der Waals surface area contributed by atoms with Crippen LogP contribution in [0.15, 0.2) is 54.6 Å². The van der Waals surface area contributed by atoms with Crippen LogP contribution in [0.2, 0.25) is 0 Å². The number of anilines is 1. The van der Waals surface area contributed by atoms with Gasteiger partial charge in [0.25, 0.3) is 5.91 Å². The molecule has 34 heavy (non-hydrogen) atoms. The van der Waals surface area contributed by atoms with Crippen molar-refractivity contribution in [1.82, 2.24) is 9.80 Å². The summed E-state index contributed by atoms with van der Waals surface area (Å²) in [7, 11) is 0. The topological polar surface area (TPSA) is 114 Å². The molecule has 0 aliphatic carbocycles. The third kappa shape index (κ3) is 5.45. The van der Waals surface area contributed by atoms with Crippen LogP contribution in [0.25, 0.3) is 0 Å². The number of thiocarbonyl (C=S) groups is 1. The number of piperidine rings is 1. The standard InChI is InChI=1S/C24H26N4O5S/c25-23(34)26-18-8-4-7-17(13-18)21(29)27-11-9-19(10-12-27)28-20(15-33-24(28)31)22(30)32-14-16-5-2-1-3-6-16/h1-8,13,19-20H,9-12,14-15H2,(H3,25,26,34)/t20-/m0/s1. The number of nitrogens with one attached hydrogen (secondary N) is 1. The molecule has 2 aliphatic rings. The Morgan fingerprint density at radius 1 is 1.12 bits per heavy atom. The molecule has 0 bridgehead atoms. The summed E-state index contributed by atoms with van der Waals surface area (Å²) in [6.45, 7) is 1.00. The Labute approximate surface area is 202 Å². The smallest absolute Gasteiger partial charge is 0.410 e. The van der Waals surface area contributed by atoms with Crippen molar-refractivity contribution in [2.75, 3.05) is 25.0 Å². The van der Waals surface area contributed by atoms with Crippen LogP contribution in [0.5, 0.6) is 0 Å². The first-order valence-electron chi connectivity index (χ1n) is 11.0. The highest BCUT2D eigenvalue weighted by molar-refractivity contribution is 7.80. The first kappa shape index (κ1) is 23.5. The second-order valence-corrected chi connectivity index (χ2v) is 8.63. The molecule has 2 aliphatic heterocycles. The van der Waals surface area contributed by atoms with Crippen molar-refractivity contribution < 1.29 is 23.9 Å². The highest BCUT2D eigenvalue weighted by Crippen LogP contribution is 2.26. The fourth-order valence-corrected chi connectivity index (χ4v) is 4.36. The summed E-state index contributed by atoms with van der Waals surface area (Å²) < 4.78 is 10.6. The van der Waals surface area contributed by atoms with Gasteiger partial charge < -0.3 is 25.4 Å². The predicted molar refractivity (Wildman–Crippen MR) is 129 cm³/mol. The van der Waals surface area contributed by atoms with Crippen LogP contribution < -0.4 is 11.1 Å². The van der Waals surface area contributed by atoms with Crippen molar-refractivity contribution in [3.63, 3.8) is 0 Å². The van der Waals surface area contributed by atoms with Crippen LogP contribution in [0.3, 0.4) is 0 Å². The molecule has 2 saturated heterocycles. The Morgan fingerprint density at radius 2 is 1.85 bits per heavy atom. The number of rotatable bonds is 6. The van der Waals surface area contributed by atoms with Gasteiger partial charge in [0.05, 0.1) is 0 Å². The third-order valence-electron chi connectivity index (χ3n) is 5.93. The fraction of sp³-hybridized carbons (Fsp3) is 0.333. The lowest BCUT2D eigenvalue weighted by Crippen LogP contribution is -2.52. The number of nitrogens with two attached hydrogens (primary N) is 1. The second-order valence-electron chi connectivity index (χ2n) is 8.19. The summed E-state index contributed by atoms with van der Waals surface area (Å²) in [6, 6.07) is 15.3. The SMILES string of the molecule is NC(=S)Nc1cccc(C(=O)N2CCC(N3C(=O)OC[C@H]3C(=O)OCc3ccccc3)CC2)c1. The second kappa shape index (κ2) is 10.5. The number of cyclic esters (lactones) is 1. The van der Waals surface area contributed by atoms with Crippen LogP contribution in [-0.2, 0) is 20.9 Å². The molecular weight excluding hydrogens is 456 g/mol. The van der Waals surface area contributed by atoms with E-state index in [1.54, 1.807) is 29.2 Å². The number of hydrogen-bond acceptors (Lipinski definition) is 6. The Morgan fingerprint density at radius 3 is 2.56 bits per heavy atom. The van der Waals surface area contributed by atoms with Gasteiger partial charge in [0.2, 0.25) is 0 Å². The molecule has 0 aromatic heterocycles. The fourth-order valence-electron chi connectivity index (χ4n) is 4.24. The summed E-state index contributed by atoms with van der Waals surface area (Å²) in [5, 5.41) is 2.95. The minimum atomic E-state index is -0.786. The van der Waals surface area contributed by atoms with Crippen molar-refractivity contribution in [3.8, 4) is 0 Å². The molecule has 4 rings (SSSR count). The van der Waals surface area contributed by atoms with Crippen LogP contribution in [0.4, 0.5) is 10.5 Å². The van der Waals surface area contributed by atoms with E-state index in [4.69, 9.17) is 27.4 Å². The van der Waals surface area contributed by atoms with Gasteiger partial charge in [0.1, 0.15) is 13.2 Å². The Hall–Kier alpha value is -3.66. The molecule has 2 aromatic rings. The lowest BCUT2D eigenvalue weighted by atomic mass is 10.0. The number of carbonyl (C=O) groups is 3. The van der Waals surface area contributed by atoms with Gasteiger partial charge in [-0.25, -0.2) is 9.59 Å². The predicted octanol–water partition coefficient (Wildman–Crippen LogP) is 2.51. The molecule has 0 spiro atoms. The van der Waals surface area contributed by atoms with E-state index in [1.807, 2.05) is 30.3 Å². The number of benzene rings is 2. The minimum absolute atomic E-state index is 0.0333.